The van der Waals surface area contributed by atoms with Crippen LogP contribution < -0.4 is 26.2 Å². The van der Waals surface area contributed by atoms with Crippen LogP contribution in [0.3, 0.4) is 0 Å². The third kappa shape index (κ3) is 6.51. The van der Waals surface area contributed by atoms with Gasteiger partial charge < -0.3 is 9.80 Å². The molecule has 0 N–H and O–H groups in total. The van der Waals surface area contributed by atoms with E-state index < -0.39 is 0 Å². The molecule has 12 aromatic rings. The molecule has 0 aromatic heterocycles. The third-order valence-corrected chi connectivity index (χ3v) is 15.7. The van der Waals surface area contributed by atoms with Crippen LogP contribution in [0.4, 0.5) is 34.1 Å². The molecule has 338 valence electrons. The Morgan fingerprint density at radius 3 is 1.42 bits per heavy atom. The van der Waals surface area contributed by atoms with Gasteiger partial charge in [-0.15, -0.1) is 0 Å². The van der Waals surface area contributed by atoms with Crippen LogP contribution in [0.25, 0.3) is 65.7 Å². The van der Waals surface area contributed by atoms with Gasteiger partial charge in [0.25, 0.3) is 6.71 Å². The number of fused-ring (bicyclic) bond motifs is 7. The summed E-state index contributed by atoms with van der Waals surface area (Å²) in [6, 6.07) is 97.0. The average molecular weight is 917 g/mol. The number of hydrogen-bond acceptors (Lipinski definition) is 2. The van der Waals surface area contributed by atoms with E-state index in [1.165, 1.54) is 116 Å². The Hall–Kier alpha value is -8.92. The second-order valence-corrected chi connectivity index (χ2v) is 20.0. The first-order valence-electron chi connectivity index (χ1n) is 25.2. The van der Waals surface area contributed by atoms with Crippen LogP contribution in [0.15, 0.2) is 261 Å². The molecule has 0 unspecified atom stereocenters. The lowest BCUT2D eigenvalue weighted by molar-refractivity contribution is 0.641. The maximum Gasteiger partial charge on any atom is 0.252 e. The van der Waals surface area contributed by atoms with Crippen molar-refractivity contribution in [3.05, 3.63) is 272 Å². The van der Waals surface area contributed by atoms with Gasteiger partial charge in [0, 0.05) is 39.5 Å². The molecule has 0 amide bonds. The van der Waals surface area contributed by atoms with E-state index in [4.69, 9.17) is 0 Å². The summed E-state index contributed by atoms with van der Waals surface area (Å²) in [5.74, 6) is 0. The molecule has 0 saturated carbocycles. The summed E-state index contributed by atoms with van der Waals surface area (Å²) >= 11 is 0. The SMILES string of the molecule is CC(C)(c1ccccc1)c1ccc2c(c1)N(c1ccccc1)c1cc(-c3c4ccccc4c(-c4ccc(-c5cccc6ccccc56)cc4)c4ccccc34)cc3c1B2c1ccccc1N3c1ccccc1. The molecule has 0 radical (unpaired) electrons. The summed E-state index contributed by atoms with van der Waals surface area (Å²) < 4.78 is 0. The van der Waals surface area contributed by atoms with Crippen LogP contribution in [0.2, 0.25) is 0 Å². The fourth-order valence-electron chi connectivity index (χ4n) is 12.3. The zero-order chi connectivity index (χ0) is 47.9. The fourth-order valence-corrected chi connectivity index (χ4v) is 12.3. The first-order chi connectivity index (χ1) is 35.5. The molecule has 0 aliphatic carbocycles. The Morgan fingerprint density at radius 1 is 0.319 bits per heavy atom. The van der Waals surface area contributed by atoms with E-state index >= 15 is 0 Å². The standard InChI is InChI=1S/C69H49BN2/c1-69(2,50-23-6-3-7-24-50)51-41-42-61-63(45-51)72(53-27-10-5-11-28-53)65-44-49(43-64-68(65)70(61)60-35-18-19-36-62(60)71(64)52-25-8-4-9-26-52)67-58-32-16-14-30-56(58)66(57-31-15-17-33-59(57)67)48-39-37-47(38-40-48)55-34-20-22-46-21-12-13-29-54(46)55/h3-45H,1-2H3. The van der Waals surface area contributed by atoms with Gasteiger partial charge in [-0.05, 0) is 142 Å². The van der Waals surface area contributed by atoms with Crippen molar-refractivity contribution >= 4 is 89.5 Å². The monoisotopic (exact) mass is 916 g/mol. The Kier molecular flexibility index (Phi) is 9.69. The van der Waals surface area contributed by atoms with E-state index in [0.717, 1.165) is 11.4 Å². The maximum absolute atomic E-state index is 2.56. The molecule has 2 aliphatic rings. The van der Waals surface area contributed by atoms with E-state index in [2.05, 4.69) is 285 Å². The molecular weight excluding hydrogens is 868 g/mol. The molecule has 12 aromatic carbocycles. The molecule has 0 fully saturated rings. The molecule has 0 spiro atoms. The highest BCUT2D eigenvalue weighted by molar-refractivity contribution is 7.00. The van der Waals surface area contributed by atoms with E-state index in [9.17, 15) is 0 Å². The van der Waals surface area contributed by atoms with Crippen molar-refractivity contribution in [1.29, 1.82) is 0 Å². The lowest BCUT2D eigenvalue weighted by Gasteiger charge is -2.45. The Balaban J connectivity index is 1.04. The molecule has 2 nitrogen and oxygen atoms in total. The van der Waals surface area contributed by atoms with Crippen molar-refractivity contribution in [3.63, 3.8) is 0 Å². The van der Waals surface area contributed by atoms with E-state index in [-0.39, 0.29) is 12.1 Å². The molecule has 72 heavy (non-hydrogen) atoms. The lowest BCUT2D eigenvalue weighted by atomic mass is 9.33. The highest BCUT2D eigenvalue weighted by Crippen LogP contribution is 2.50. The van der Waals surface area contributed by atoms with E-state index in [1.807, 2.05) is 0 Å². The van der Waals surface area contributed by atoms with Crippen LogP contribution in [0.5, 0.6) is 0 Å². The predicted octanol–water partition coefficient (Wildman–Crippen LogP) is 16.6. The largest absolute Gasteiger partial charge is 0.311 e. The molecule has 0 saturated heterocycles. The maximum atomic E-state index is 2.56. The smallest absolute Gasteiger partial charge is 0.252 e. The number of nitrogens with zero attached hydrogens (tertiary/aromatic N) is 2. The molecule has 2 aliphatic heterocycles. The van der Waals surface area contributed by atoms with E-state index in [0.29, 0.717) is 0 Å². The summed E-state index contributed by atoms with van der Waals surface area (Å²) in [6.45, 7) is 4.71. The van der Waals surface area contributed by atoms with Crippen molar-refractivity contribution in [2.24, 2.45) is 0 Å². The highest BCUT2D eigenvalue weighted by atomic mass is 15.2. The molecule has 2 heterocycles. The van der Waals surface area contributed by atoms with Crippen molar-refractivity contribution in [1.82, 2.24) is 0 Å². The van der Waals surface area contributed by atoms with Crippen molar-refractivity contribution in [2.45, 2.75) is 19.3 Å². The third-order valence-electron chi connectivity index (χ3n) is 15.7. The summed E-state index contributed by atoms with van der Waals surface area (Å²) in [4.78, 5) is 5.08. The normalized spacial score (nSPS) is 12.8. The van der Waals surface area contributed by atoms with Gasteiger partial charge in [-0.3, -0.25) is 0 Å². The van der Waals surface area contributed by atoms with Gasteiger partial charge in [0.05, 0.1) is 0 Å². The quantitative estimate of drug-likeness (QED) is 0.116. The van der Waals surface area contributed by atoms with Crippen LogP contribution in [-0.4, -0.2) is 6.71 Å². The molecule has 14 rings (SSSR count). The van der Waals surface area contributed by atoms with Gasteiger partial charge in [-0.1, -0.05) is 226 Å². The van der Waals surface area contributed by atoms with Gasteiger partial charge in [-0.25, -0.2) is 0 Å². The number of benzene rings is 12. The predicted molar refractivity (Wildman–Crippen MR) is 308 cm³/mol. The average Bonchev–Trinajstić information content (AvgIpc) is 3.45. The second-order valence-electron chi connectivity index (χ2n) is 20.0. The first kappa shape index (κ1) is 42.0. The second kappa shape index (κ2) is 16.6. The Labute approximate surface area is 421 Å². The Morgan fingerprint density at radius 2 is 0.792 bits per heavy atom. The van der Waals surface area contributed by atoms with Gasteiger partial charge in [0.1, 0.15) is 0 Å². The number of anilines is 6. The fraction of sp³-hybridized carbons (Fsp3) is 0.0435. The minimum absolute atomic E-state index is 0.00299. The van der Waals surface area contributed by atoms with Gasteiger partial charge in [0.15, 0.2) is 0 Å². The zero-order valence-electron chi connectivity index (χ0n) is 40.3. The highest BCUT2D eigenvalue weighted by Gasteiger charge is 2.44. The zero-order valence-corrected chi connectivity index (χ0v) is 40.3. The summed E-state index contributed by atoms with van der Waals surface area (Å²) in [7, 11) is 0. The number of hydrogen-bond donors (Lipinski definition) is 0. The summed E-state index contributed by atoms with van der Waals surface area (Å²) in [5.41, 5.74) is 20.7. The molecule has 3 heteroatoms. The molecule has 0 bridgehead atoms. The summed E-state index contributed by atoms with van der Waals surface area (Å²) in [5, 5.41) is 7.44. The van der Waals surface area contributed by atoms with Gasteiger partial charge >= 0.3 is 0 Å². The Bertz CT molecular complexity index is 4010. The van der Waals surface area contributed by atoms with Crippen LogP contribution in [0, 0.1) is 0 Å². The molecular formula is C69H49BN2. The number of para-hydroxylation sites is 3. The van der Waals surface area contributed by atoms with Crippen molar-refractivity contribution in [3.8, 4) is 33.4 Å². The van der Waals surface area contributed by atoms with Gasteiger partial charge in [-0.2, -0.15) is 0 Å². The van der Waals surface area contributed by atoms with Gasteiger partial charge in [0.2, 0.25) is 0 Å². The first-order valence-corrected chi connectivity index (χ1v) is 25.2. The van der Waals surface area contributed by atoms with E-state index in [1.54, 1.807) is 0 Å². The topological polar surface area (TPSA) is 6.48 Å². The minimum atomic E-state index is -0.240. The van der Waals surface area contributed by atoms with Crippen LogP contribution in [-0.2, 0) is 5.41 Å². The number of rotatable bonds is 7. The lowest BCUT2D eigenvalue weighted by Crippen LogP contribution is -2.61. The van der Waals surface area contributed by atoms with Crippen molar-refractivity contribution < 1.29 is 0 Å². The van der Waals surface area contributed by atoms with Crippen LogP contribution >= 0.6 is 0 Å². The van der Waals surface area contributed by atoms with Crippen molar-refractivity contribution in [2.75, 3.05) is 9.80 Å². The minimum Gasteiger partial charge on any atom is -0.311 e. The van der Waals surface area contributed by atoms with Crippen LogP contribution in [0.1, 0.15) is 25.0 Å². The molecule has 0 atom stereocenters. The summed E-state index contributed by atoms with van der Waals surface area (Å²) in [6.07, 6.45) is 0.